The smallest absolute Gasteiger partial charge is 0.416 e. The molecule has 0 bridgehead atoms. The molecular weight excluding hydrogens is 547 g/mol. The first-order chi connectivity index (χ1) is 19.8. The van der Waals surface area contributed by atoms with E-state index in [-0.39, 0.29) is 5.41 Å². The summed E-state index contributed by atoms with van der Waals surface area (Å²) < 4.78 is 52.1. The number of H-pyrrole nitrogens is 1. The summed E-state index contributed by atoms with van der Waals surface area (Å²) in [6.07, 6.45) is -1.93. The van der Waals surface area contributed by atoms with Crippen LogP contribution in [0.15, 0.2) is 42.0 Å². The number of hydrogen-bond donors (Lipinski definition) is 1. The molecule has 0 radical (unpaired) electrons. The molecule has 2 heterocycles. The Balaban J connectivity index is 1.46. The van der Waals surface area contributed by atoms with Gasteiger partial charge in [-0.25, -0.2) is 4.79 Å². The van der Waals surface area contributed by atoms with E-state index in [1.165, 1.54) is 0 Å². The van der Waals surface area contributed by atoms with E-state index in [0.29, 0.717) is 29.9 Å². The summed E-state index contributed by atoms with van der Waals surface area (Å²) in [7, 11) is 1.65. The normalized spacial score (nSPS) is 20.7. The van der Waals surface area contributed by atoms with Gasteiger partial charge in [-0.2, -0.15) is 18.4 Å². The molecular formula is C31H36F3N5O3. The van der Waals surface area contributed by atoms with Gasteiger partial charge in [0.25, 0.3) is 0 Å². The molecule has 2 atom stereocenters. The summed E-state index contributed by atoms with van der Waals surface area (Å²) in [4.78, 5) is 14.8. The first-order valence-corrected chi connectivity index (χ1v) is 14.1. The van der Waals surface area contributed by atoms with Gasteiger partial charge in [0.1, 0.15) is 11.9 Å². The Hall–Kier alpha value is -3.89. The lowest BCUT2D eigenvalue weighted by molar-refractivity contribution is -0.137. The van der Waals surface area contributed by atoms with E-state index in [4.69, 9.17) is 9.47 Å². The van der Waals surface area contributed by atoms with Gasteiger partial charge in [0.2, 0.25) is 0 Å². The number of aromatic amines is 1. The first-order valence-electron chi connectivity index (χ1n) is 14.1. The molecule has 42 heavy (non-hydrogen) atoms. The van der Waals surface area contributed by atoms with Gasteiger partial charge in [0.15, 0.2) is 5.82 Å². The molecule has 11 heteroatoms. The number of alkyl halides is 3. The number of methoxy groups -OCH3 is 1. The highest BCUT2D eigenvalue weighted by atomic mass is 19.4. The average Bonchev–Trinajstić information content (AvgIpc) is 3.54. The molecule has 2 aliphatic rings. The number of hydrogen-bond acceptors (Lipinski definition) is 6. The number of aromatic nitrogens is 4. The number of rotatable bonds is 8. The van der Waals surface area contributed by atoms with Crippen LogP contribution in [0.4, 0.5) is 18.0 Å². The van der Waals surface area contributed by atoms with Gasteiger partial charge in [-0.3, -0.25) is 4.90 Å². The third-order valence-corrected chi connectivity index (χ3v) is 8.29. The van der Waals surface area contributed by atoms with E-state index in [0.717, 1.165) is 65.8 Å². The maximum Gasteiger partial charge on any atom is 0.416 e. The maximum absolute atomic E-state index is 13.5. The van der Waals surface area contributed by atoms with Gasteiger partial charge in [-0.05, 0) is 91.5 Å². The number of halogens is 3. The topological polar surface area (TPSA) is 93.2 Å². The number of carbonyl (C=O) groups excluding carboxylic acids is 1. The Morgan fingerprint density at radius 2 is 1.95 bits per heavy atom. The molecule has 1 N–H and O–H groups in total. The molecule has 1 aromatic heterocycles. The monoisotopic (exact) mass is 583 g/mol. The summed E-state index contributed by atoms with van der Waals surface area (Å²) in [5.41, 5.74) is 4.40. The zero-order chi connectivity index (χ0) is 30.2. The zero-order valence-electron chi connectivity index (χ0n) is 24.5. The molecule has 5 rings (SSSR count). The van der Waals surface area contributed by atoms with Crippen LogP contribution >= 0.6 is 0 Å². The Morgan fingerprint density at radius 1 is 1.17 bits per heavy atom. The average molecular weight is 584 g/mol. The lowest BCUT2D eigenvalue weighted by atomic mass is 9.72. The minimum absolute atomic E-state index is 0.0206. The van der Waals surface area contributed by atoms with Crippen LogP contribution in [0.25, 0.3) is 5.57 Å². The molecule has 2 aromatic carbocycles. The van der Waals surface area contributed by atoms with Gasteiger partial charge in [-0.15, -0.1) is 10.2 Å². The number of cyclic esters (lactones) is 1. The van der Waals surface area contributed by atoms with Crippen molar-refractivity contribution in [2.45, 2.75) is 78.1 Å². The Bertz CT molecular complexity index is 1480. The quantitative estimate of drug-likeness (QED) is 0.311. The van der Waals surface area contributed by atoms with Crippen LogP contribution in [0, 0.1) is 12.3 Å². The van der Waals surface area contributed by atoms with Crippen molar-refractivity contribution in [3.05, 3.63) is 75.6 Å². The van der Waals surface area contributed by atoms with Crippen LogP contribution in [0.3, 0.4) is 0 Å². The van der Waals surface area contributed by atoms with Crippen LogP contribution in [0.1, 0.15) is 79.8 Å². The van der Waals surface area contributed by atoms with E-state index in [9.17, 15) is 18.0 Å². The van der Waals surface area contributed by atoms with Gasteiger partial charge < -0.3 is 9.47 Å². The van der Waals surface area contributed by atoms with E-state index < -0.39 is 30.0 Å². The number of nitrogens with one attached hydrogen (secondary N) is 1. The Labute approximate surface area is 243 Å². The van der Waals surface area contributed by atoms with Crippen LogP contribution in [0.2, 0.25) is 0 Å². The van der Waals surface area contributed by atoms with E-state index in [2.05, 4.69) is 40.5 Å². The molecule has 3 aromatic rings. The van der Waals surface area contributed by atoms with E-state index in [1.807, 2.05) is 19.1 Å². The molecule has 1 aliphatic carbocycles. The number of nitrogens with zero attached hydrogens (tertiary/aromatic N) is 4. The number of allylic oxidation sites excluding steroid dienone is 1. The van der Waals surface area contributed by atoms with Crippen LogP contribution in [-0.4, -0.2) is 51.3 Å². The van der Waals surface area contributed by atoms with Crippen LogP contribution < -0.4 is 4.74 Å². The minimum atomic E-state index is -4.49. The van der Waals surface area contributed by atoms with Crippen molar-refractivity contribution >= 4 is 11.7 Å². The maximum atomic E-state index is 13.5. The lowest BCUT2D eigenvalue weighted by Gasteiger charge is -2.36. The lowest BCUT2D eigenvalue weighted by Crippen LogP contribution is -2.35. The Morgan fingerprint density at radius 3 is 2.64 bits per heavy atom. The number of tetrazole rings is 1. The number of amides is 1. The van der Waals surface area contributed by atoms with Gasteiger partial charge in [0.05, 0.1) is 18.7 Å². The highest BCUT2D eigenvalue weighted by molar-refractivity contribution is 5.77. The predicted molar refractivity (Wildman–Crippen MR) is 151 cm³/mol. The summed E-state index contributed by atoms with van der Waals surface area (Å²) in [6, 6.07) is 9.51. The van der Waals surface area contributed by atoms with Crippen molar-refractivity contribution in [1.82, 2.24) is 25.5 Å². The van der Waals surface area contributed by atoms with E-state index in [1.54, 1.807) is 25.0 Å². The zero-order valence-corrected chi connectivity index (χ0v) is 24.5. The molecule has 1 aliphatic heterocycles. The molecule has 8 nitrogen and oxygen atoms in total. The Kier molecular flexibility index (Phi) is 8.04. The summed E-state index contributed by atoms with van der Waals surface area (Å²) in [5.74, 6) is 1.39. The van der Waals surface area contributed by atoms with Crippen molar-refractivity contribution in [3.8, 4) is 5.75 Å². The molecule has 1 saturated heterocycles. The van der Waals surface area contributed by atoms with Crippen molar-refractivity contribution in [3.63, 3.8) is 0 Å². The van der Waals surface area contributed by atoms with Gasteiger partial charge in [-0.1, -0.05) is 36.8 Å². The van der Waals surface area contributed by atoms with Gasteiger partial charge >= 0.3 is 12.3 Å². The van der Waals surface area contributed by atoms with E-state index >= 15 is 0 Å². The number of aryl methyl sites for hydroxylation is 3. The summed E-state index contributed by atoms with van der Waals surface area (Å²) >= 11 is 0. The number of carbonyl (C=O) groups is 1. The second-order valence-corrected chi connectivity index (χ2v) is 12.1. The molecule has 1 amide bonds. The summed E-state index contributed by atoms with van der Waals surface area (Å²) in [6.45, 7) is 8.19. The van der Waals surface area contributed by atoms with Crippen molar-refractivity contribution < 1.29 is 27.4 Å². The van der Waals surface area contributed by atoms with Crippen molar-refractivity contribution in [2.24, 2.45) is 5.41 Å². The molecule has 224 valence electrons. The van der Waals surface area contributed by atoms with Crippen molar-refractivity contribution in [1.29, 1.82) is 0 Å². The predicted octanol–water partition coefficient (Wildman–Crippen LogP) is 6.87. The SMILES string of the molecule is COc1ccc(CCc2nn[nH]n2)cc1C1=C(CN2C(=O)O[C@H](c3cc(C)cc(C(F)(F)F)c3)[C@@H]2C)CC(C)(C)CC1. The molecule has 0 saturated carbocycles. The molecule has 0 unspecified atom stereocenters. The largest absolute Gasteiger partial charge is 0.496 e. The molecule has 1 fully saturated rings. The first kappa shape index (κ1) is 29.6. The third kappa shape index (κ3) is 6.29. The molecule has 0 spiro atoms. The standard InChI is InChI=1S/C31H36F3N5O3/c1-18-12-21(15-23(13-18)31(32,33)34)28-19(2)39(29(40)42-28)17-22-16-30(3,4)11-10-24(22)25-14-20(6-8-26(25)41-5)7-9-27-35-37-38-36-27/h6,8,12-15,19,28H,7,9-11,16-17H2,1-5H3,(H,35,36,37,38)/t19-,28-/m0/s1. The highest BCUT2D eigenvalue weighted by Crippen LogP contribution is 2.46. The fourth-order valence-electron chi connectivity index (χ4n) is 6.09. The minimum Gasteiger partial charge on any atom is -0.496 e. The number of ether oxygens (including phenoxy) is 2. The van der Waals surface area contributed by atoms with Crippen LogP contribution in [-0.2, 0) is 23.8 Å². The fraction of sp³-hybridized carbons (Fsp3) is 0.484. The second-order valence-electron chi connectivity index (χ2n) is 12.1. The number of benzene rings is 2. The highest BCUT2D eigenvalue weighted by Gasteiger charge is 2.42. The third-order valence-electron chi connectivity index (χ3n) is 8.29. The van der Waals surface area contributed by atoms with Gasteiger partial charge in [0, 0.05) is 18.5 Å². The van der Waals surface area contributed by atoms with Crippen molar-refractivity contribution in [2.75, 3.05) is 13.7 Å². The van der Waals surface area contributed by atoms with Crippen LogP contribution in [0.5, 0.6) is 5.75 Å². The summed E-state index contributed by atoms with van der Waals surface area (Å²) in [5, 5.41) is 14.2. The fourth-order valence-corrected chi connectivity index (χ4v) is 6.09. The second kappa shape index (κ2) is 11.4.